The van der Waals surface area contributed by atoms with Crippen LogP contribution >= 0.6 is 11.6 Å². The summed E-state index contributed by atoms with van der Waals surface area (Å²) in [5, 5.41) is 19.2. The largest absolute Gasteiger partial charge is 0.507 e. The van der Waals surface area contributed by atoms with Crippen LogP contribution in [0.3, 0.4) is 0 Å². The van der Waals surface area contributed by atoms with Gasteiger partial charge in [0.2, 0.25) is 0 Å². The Morgan fingerprint density at radius 3 is 2.78 bits per heavy atom. The molecule has 5 nitrogen and oxygen atoms in total. The third-order valence-electron chi connectivity index (χ3n) is 4.20. The zero-order valence-electron chi connectivity index (χ0n) is 13.3. The molecule has 122 valence electrons. The van der Waals surface area contributed by atoms with Crippen LogP contribution in [0.2, 0.25) is 5.02 Å². The summed E-state index contributed by atoms with van der Waals surface area (Å²) >= 11 is 5.94. The average molecular weight is 334 g/mol. The molecular formula is C17H20ClN3O2. The van der Waals surface area contributed by atoms with Crippen molar-refractivity contribution in [3.05, 3.63) is 40.5 Å². The zero-order valence-corrected chi connectivity index (χ0v) is 14.0. The number of aromatic hydroxyl groups is 1. The van der Waals surface area contributed by atoms with Crippen molar-refractivity contribution >= 4 is 11.6 Å². The number of ether oxygens (including phenoxy) is 1. The number of benzene rings is 1. The highest BCUT2D eigenvalue weighted by atomic mass is 35.5. The maximum absolute atomic E-state index is 10.1. The van der Waals surface area contributed by atoms with Crippen LogP contribution in [-0.4, -0.2) is 46.5 Å². The molecule has 1 aromatic heterocycles. The second-order valence-corrected chi connectivity index (χ2v) is 6.40. The number of nitrogens with zero attached hydrogens (tertiary/aromatic N) is 3. The van der Waals surface area contributed by atoms with Crippen molar-refractivity contribution < 1.29 is 9.84 Å². The molecule has 23 heavy (non-hydrogen) atoms. The number of hydrogen-bond donors (Lipinski definition) is 1. The monoisotopic (exact) mass is 333 g/mol. The van der Waals surface area contributed by atoms with Gasteiger partial charge >= 0.3 is 0 Å². The SMILES string of the molecule is Cc1cc(Cl)cc(O)c1-c1ccc(CN(C)[C@@H]2CCOC2)nn1. The number of likely N-dealkylation sites (N-methyl/N-ethyl adjacent to an activating group) is 1. The van der Waals surface area contributed by atoms with E-state index in [4.69, 9.17) is 16.3 Å². The lowest BCUT2D eigenvalue weighted by atomic mass is 10.0. The van der Waals surface area contributed by atoms with Gasteiger partial charge in [0, 0.05) is 29.8 Å². The van der Waals surface area contributed by atoms with Crippen molar-refractivity contribution in [2.24, 2.45) is 0 Å². The number of halogens is 1. The molecule has 1 aliphatic rings. The van der Waals surface area contributed by atoms with Gasteiger partial charge in [0.1, 0.15) is 5.75 Å². The Morgan fingerprint density at radius 1 is 1.35 bits per heavy atom. The van der Waals surface area contributed by atoms with Gasteiger partial charge < -0.3 is 9.84 Å². The van der Waals surface area contributed by atoms with Crippen molar-refractivity contribution in [3.63, 3.8) is 0 Å². The molecule has 3 rings (SSSR count). The Morgan fingerprint density at radius 2 is 2.17 bits per heavy atom. The minimum absolute atomic E-state index is 0.122. The zero-order chi connectivity index (χ0) is 16.4. The quantitative estimate of drug-likeness (QED) is 0.932. The third kappa shape index (κ3) is 3.63. The first-order chi connectivity index (χ1) is 11.0. The van der Waals surface area contributed by atoms with Crippen LogP contribution in [0, 0.1) is 6.92 Å². The summed E-state index contributed by atoms with van der Waals surface area (Å²) < 4.78 is 5.41. The molecule has 1 atom stereocenters. The molecule has 0 spiro atoms. The summed E-state index contributed by atoms with van der Waals surface area (Å²) in [7, 11) is 2.07. The van der Waals surface area contributed by atoms with Gasteiger partial charge in [-0.3, -0.25) is 4.90 Å². The highest BCUT2D eigenvalue weighted by Gasteiger charge is 2.20. The number of aromatic nitrogens is 2. The van der Waals surface area contributed by atoms with Crippen LogP contribution < -0.4 is 0 Å². The average Bonchev–Trinajstić information content (AvgIpc) is 3.02. The molecule has 6 heteroatoms. The lowest BCUT2D eigenvalue weighted by Gasteiger charge is -2.22. The summed E-state index contributed by atoms with van der Waals surface area (Å²) in [5.41, 5.74) is 3.09. The van der Waals surface area contributed by atoms with E-state index in [0.717, 1.165) is 37.4 Å². The predicted molar refractivity (Wildman–Crippen MR) is 89.6 cm³/mol. The first kappa shape index (κ1) is 16.2. The summed E-state index contributed by atoms with van der Waals surface area (Å²) in [6.45, 7) is 4.23. The highest BCUT2D eigenvalue weighted by molar-refractivity contribution is 6.31. The second kappa shape index (κ2) is 6.83. The Kier molecular flexibility index (Phi) is 4.80. The molecular weight excluding hydrogens is 314 g/mol. The molecule has 1 aromatic carbocycles. The molecule has 0 unspecified atom stereocenters. The summed E-state index contributed by atoms with van der Waals surface area (Å²) in [6, 6.07) is 7.60. The first-order valence-electron chi connectivity index (χ1n) is 7.64. The van der Waals surface area contributed by atoms with Crippen LogP contribution in [-0.2, 0) is 11.3 Å². The van der Waals surface area contributed by atoms with Gasteiger partial charge in [-0.1, -0.05) is 11.6 Å². The molecule has 0 aliphatic carbocycles. The van der Waals surface area contributed by atoms with Crippen molar-refractivity contribution in [3.8, 4) is 17.0 Å². The van der Waals surface area contributed by atoms with E-state index < -0.39 is 0 Å². The fourth-order valence-corrected chi connectivity index (χ4v) is 3.16. The number of aryl methyl sites for hydroxylation is 1. The van der Waals surface area contributed by atoms with Crippen LogP contribution in [0.25, 0.3) is 11.3 Å². The van der Waals surface area contributed by atoms with E-state index >= 15 is 0 Å². The summed E-state index contributed by atoms with van der Waals surface area (Å²) in [4.78, 5) is 2.24. The van der Waals surface area contributed by atoms with Crippen molar-refractivity contribution in [1.82, 2.24) is 15.1 Å². The Hall–Kier alpha value is -1.69. The van der Waals surface area contributed by atoms with Gasteiger partial charge in [0.25, 0.3) is 0 Å². The van der Waals surface area contributed by atoms with Crippen LogP contribution in [0.1, 0.15) is 17.7 Å². The fourth-order valence-electron chi connectivity index (χ4n) is 2.89. The molecule has 0 radical (unpaired) electrons. The van der Waals surface area contributed by atoms with Gasteiger partial charge in [-0.25, -0.2) is 0 Å². The molecule has 2 aromatic rings. The maximum atomic E-state index is 10.1. The molecule has 1 aliphatic heterocycles. The lowest BCUT2D eigenvalue weighted by molar-refractivity contribution is 0.155. The lowest BCUT2D eigenvalue weighted by Crippen LogP contribution is -2.31. The molecule has 1 fully saturated rings. The third-order valence-corrected chi connectivity index (χ3v) is 4.41. The molecule has 0 saturated carbocycles. The first-order valence-corrected chi connectivity index (χ1v) is 8.02. The van der Waals surface area contributed by atoms with E-state index in [1.807, 2.05) is 19.1 Å². The smallest absolute Gasteiger partial charge is 0.126 e. The van der Waals surface area contributed by atoms with Crippen LogP contribution in [0.4, 0.5) is 0 Å². The van der Waals surface area contributed by atoms with Crippen LogP contribution in [0.5, 0.6) is 5.75 Å². The normalized spacial score (nSPS) is 17.8. The van der Waals surface area contributed by atoms with E-state index in [1.54, 1.807) is 6.07 Å². The maximum Gasteiger partial charge on any atom is 0.126 e. The minimum Gasteiger partial charge on any atom is -0.507 e. The molecule has 2 heterocycles. The molecule has 1 N–H and O–H groups in total. The number of phenols is 1. The molecule has 1 saturated heterocycles. The minimum atomic E-state index is 0.122. The van der Waals surface area contributed by atoms with Gasteiger partial charge in [0.15, 0.2) is 0 Å². The van der Waals surface area contributed by atoms with Gasteiger partial charge in [-0.05, 0) is 50.2 Å². The topological polar surface area (TPSA) is 58.5 Å². The fraction of sp³-hybridized carbons (Fsp3) is 0.412. The highest BCUT2D eigenvalue weighted by Crippen LogP contribution is 2.33. The molecule has 0 amide bonds. The Labute approximate surface area is 140 Å². The second-order valence-electron chi connectivity index (χ2n) is 5.96. The molecule has 0 bridgehead atoms. The van der Waals surface area contributed by atoms with E-state index in [1.165, 1.54) is 6.07 Å². The van der Waals surface area contributed by atoms with Gasteiger partial charge in [0.05, 0.1) is 18.0 Å². The van der Waals surface area contributed by atoms with Crippen molar-refractivity contribution in [1.29, 1.82) is 0 Å². The Bertz CT molecular complexity index is 662. The van der Waals surface area contributed by atoms with E-state index in [9.17, 15) is 5.11 Å². The van der Waals surface area contributed by atoms with Gasteiger partial charge in [-0.2, -0.15) is 10.2 Å². The standard InChI is InChI=1S/C17H20ClN3O2/c1-11-7-12(18)8-16(22)17(11)15-4-3-13(19-20-15)9-21(2)14-5-6-23-10-14/h3-4,7-8,14,22H,5-6,9-10H2,1-2H3/t14-/m1/s1. The predicted octanol–water partition coefficient (Wildman–Crippen LogP) is 3.03. The van der Waals surface area contributed by atoms with Crippen molar-refractivity contribution in [2.45, 2.75) is 25.9 Å². The summed E-state index contributed by atoms with van der Waals surface area (Å²) in [5.74, 6) is 0.122. The number of phenolic OH excluding ortho intramolecular Hbond substituents is 1. The summed E-state index contributed by atoms with van der Waals surface area (Å²) in [6.07, 6.45) is 1.06. The number of rotatable bonds is 4. The van der Waals surface area contributed by atoms with Gasteiger partial charge in [-0.15, -0.1) is 0 Å². The number of hydrogen-bond acceptors (Lipinski definition) is 5. The Balaban J connectivity index is 1.77. The van der Waals surface area contributed by atoms with E-state index in [2.05, 4.69) is 22.1 Å². The van der Waals surface area contributed by atoms with Crippen molar-refractivity contribution in [2.75, 3.05) is 20.3 Å². The van der Waals surface area contributed by atoms with Crippen LogP contribution in [0.15, 0.2) is 24.3 Å². The van der Waals surface area contributed by atoms with E-state index in [0.29, 0.717) is 22.3 Å². The van der Waals surface area contributed by atoms with E-state index in [-0.39, 0.29) is 5.75 Å².